The highest BCUT2D eigenvalue weighted by Crippen LogP contribution is 2.29. The van der Waals surface area contributed by atoms with Crippen molar-refractivity contribution in [1.82, 2.24) is 14.2 Å². The summed E-state index contributed by atoms with van der Waals surface area (Å²) in [6, 6.07) is 7.44. The molecule has 1 fully saturated rings. The molecule has 0 spiro atoms. The van der Waals surface area contributed by atoms with Crippen LogP contribution >= 0.6 is 11.8 Å². The number of amides is 1. The van der Waals surface area contributed by atoms with Crippen LogP contribution in [0, 0.1) is 13.8 Å². The predicted molar refractivity (Wildman–Crippen MR) is 111 cm³/mol. The minimum Gasteiger partial charge on any atom is -0.339 e. The maximum absolute atomic E-state index is 13.0. The molecule has 2 heterocycles. The Morgan fingerprint density at radius 3 is 2.35 bits per heavy atom. The van der Waals surface area contributed by atoms with Crippen LogP contribution in [0.2, 0.25) is 0 Å². The molecule has 1 aliphatic rings. The first-order valence-corrected chi connectivity index (χ1v) is 11.9. The van der Waals surface area contributed by atoms with Gasteiger partial charge in [-0.15, -0.1) is 0 Å². The summed E-state index contributed by atoms with van der Waals surface area (Å²) in [6.07, 6.45) is -3.72. The lowest BCUT2D eigenvalue weighted by Crippen LogP contribution is -2.51. The fourth-order valence-corrected chi connectivity index (χ4v) is 5.64. The van der Waals surface area contributed by atoms with E-state index in [1.807, 2.05) is 13.0 Å². The van der Waals surface area contributed by atoms with Crippen LogP contribution in [0.25, 0.3) is 0 Å². The SMILES string of the molecule is Cc1ccc(C)c(S(=O)(=O)N2CCN(C(=O)CSc3ccc(C(F)(F)F)cn3)CC2)c1. The van der Waals surface area contributed by atoms with Crippen molar-refractivity contribution >= 4 is 27.7 Å². The van der Waals surface area contributed by atoms with Crippen LogP contribution in [0.5, 0.6) is 0 Å². The van der Waals surface area contributed by atoms with E-state index in [9.17, 15) is 26.4 Å². The quantitative estimate of drug-likeness (QED) is 0.623. The van der Waals surface area contributed by atoms with Gasteiger partial charge in [0.05, 0.1) is 21.2 Å². The molecule has 31 heavy (non-hydrogen) atoms. The number of sulfonamides is 1. The molecular formula is C20H22F3N3O3S2. The Morgan fingerprint density at radius 2 is 1.77 bits per heavy atom. The molecule has 0 atom stereocenters. The molecule has 3 rings (SSSR count). The van der Waals surface area contributed by atoms with E-state index in [1.54, 1.807) is 24.0 Å². The number of carbonyl (C=O) groups is 1. The van der Waals surface area contributed by atoms with Gasteiger partial charge < -0.3 is 4.90 Å². The number of hydrogen-bond acceptors (Lipinski definition) is 5. The zero-order valence-corrected chi connectivity index (χ0v) is 18.6. The number of hydrogen-bond donors (Lipinski definition) is 0. The van der Waals surface area contributed by atoms with E-state index in [2.05, 4.69) is 4.98 Å². The molecule has 1 aliphatic heterocycles. The Balaban J connectivity index is 1.55. The fourth-order valence-electron chi connectivity index (χ4n) is 3.16. The number of aromatic nitrogens is 1. The van der Waals surface area contributed by atoms with Crippen LogP contribution in [0.1, 0.15) is 16.7 Å². The van der Waals surface area contributed by atoms with Crippen LogP contribution in [-0.4, -0.2) is 60.4 Å². The van der Waals surface area contributed by atoms with E-state index in [0.717, 1.165) is 29.6 Å². The van der Waals surface area contributed by atoms with Crippen LogP contribution in [0.4, 0.5) is 13.2 Å². The topological polar surface area (TPSA) is 70.6 Å². The highest BCUT2D eigenvalue weighted by Gasteiger charge is 2.32. The minimum absolute atomic E-state index is 0.0160. The van der Waals surface area contributed by atoms with Gasteiger partial charge >= 0.3 is 6.18 Å². The summed E-state index contributed by atoms with van der Waals surface area (Å²) in [5, 5.41) is 0.317. The van der Waals surface area contributed by atoms with Crippen molar-refractivity contribution in [3.05, 3.63) is 53.2 Å². The molecule has 0 unspecified atom stereocenters. The molecule has 2 aromatic rings. The Bertz CT molecular complexity index is 1050. The van der Waals surface area contributed by atoms with E-state index in [0.29, 0.717) is 10.6 Å². The number of rotatable bonds is 5. The van der Waals surface area contributed by atoms with Gasteiger partial charge in [0, 0.05) is 32.4 Å². The average Bonchev–Trinajstić information content (AvgIpc) is 2.73. The maximum atomic E-state index is 13.0. The summed E-state index contributed by atoms with van der Waals surface area (Å²) >= 11 is 1.05. The highest BCUT2D eigenvalue weighted by atomic mass is 32.2. The molecule has 1 aromatic heterocycles. The second-order valence-corrected chi connectivity index (χ2v) is 10.1. The van der Waals surface area contributed by atoms with E-state index in [-0.39, 0.29) is 42.7 Å². The minimum atomic E-state index is -4.46. The molecule has 1 aromatic carbocycles. The smallest absolute Gasteiger partial charge is 0.339 e. The second-order valence-electron chi connectivity index (χ2n) is 7.23. The van der Waals surface area contributed by atoms with Gasteiger partial charge in [0.15, 0.2) is 0 Å². The zero-order chi connectivity index (χ0) is 22.8. The van der Waals surface area contributed by atoms with Gasteiger partial charge in [0.25, 0.3) is 0 Å². The Kier molecular flexibility index (Phi) is 6.97. The van der Waals surface area contributed by atoms with Crippen LogP contribution in [-0.2, 0) is 21.0 Å². The van der Waals surface area contributed by atoms with Crippen LogP contribution in [0.3, 0.4) is 0 Å². The zero-order valence-electron chi connectivity index (χ0n) is 17.0. The molecule has 0 bridgehead atoms. The Hall–Kier alpha value is -2.11. The summed E-state index contributed by atoms with van der Waals surface area (Å²) in [7, 11) is -3.65. The van der Waals surface area contributed by atoms with Gasteiger partial charge in [0.2, 0.25) is 15.9 Å². The van der Waals surface area contributed by atoms with Crippen LogP contribution < -0.4 is 0 Å². The molecule has 0 aliphatic carbocycles. The summed E-state index contributed by atoms with van der Waals surface area (Å²) in [6.45, 7) is 4.46. The molecule has 0 radical (unpaired) electrons. The van der Waals surface area contributed by atoms with E-state index in [4.69, 9.17) is 0 Å². The number of carbonyl (C=O) groups excluding carboxylic acids is 1. The first kappa shape index (κ1) is 23.6. The number of nitrogens with zero attached hydrogens (tertiary/aromatic N) is 3. The number of piperazine rings is 1. The van der Waals surface area contributed by atoms with Crippen LogP contribution in [0.15, 0.2) is 46.5 Å². The highest BCUT2D eigenvalue weighted by molar-refractivity contribution is 7.99. The fraction of sp³-hybridized carbons (Fsp3) is 0.400. The maximum Gasteiger partial charge on any atom is 0.417 e. The average molecular weight is 474 g/mol. The van der Waals surface area contributed by atoms with Crippen molar-refractivity contribution in [2.45, 2.75) is 29.9 Å². The molecule has 0 saturated carbocycles. The molecule has 1 amide bonds. The normalized spacial score (nSPS) is 15.8. The number of aryl methyl sites for hydroxylation is 2. The van der Waals surface area contributed by atoms with Gasteiger partial charge in [-0.25, -0.2) is 13.4 Å². The lowest BCUT2D eigenvalue weighted by molar-refractivity contribution is -0.138. The third-order valence-corrected chi connectivity index (χ3v) is 7.93. The molecule has 6 nitrogen and oxygen atoms in total. The first-order valence-electron chi connectivity index (χ1n) is 9.50. The van der Waals surface area contributed by atoms with E-state index in [1.165, 1.54) is 10.4 Å². The predicted octanol–water partition coefficient (Wildman–Crippen LogP) is 3.34. The molecular weight excluding hydrogens is 451 g/mol. The largest absolute Gasteiger partial charge is 0.417 e. The van der Waals surface area contributed by atoms with Gasteiger partial charge in [-0.1, -0.05) is 23.9 Å². The van der Waals surface area contributed by atoms with Crippen molar-refractivity contribution < 1.29 is 26.4 Å². The van der Waals surface area contributed by atoms with E-state index >= 15 is 0 Å². The van der Waals surface area contributed by atoms with Gasteiger partial charge in [-0.2, -0.15) is 17.5 Å². The van der Waals surface area contributed by atoms with Gasteiger partial charge in [0.1, 0.15) is 0 Å². The number of halogens is 3. The van der Waals surface area contributed by atoms with E-state index < -0.39 is 21.8 Å². The lowest BCUT2D eigenvalue weighted by Gasteiger charge is -2.34. The molecule has 168 valence electrons. The van der Waals surface area contributed by atoms with Gasteiger partial charge in [-0.05, 0) is 43.2 Å². The Labute approximate surface area is 183 Å². The van der Waals surface area contributed by atoms with Gasteiger partial charge in [-0.3, -0.25) is 4.79 Å². The first-order chi connectivity index (χ1) is 14.5. The molecule has 1 saturated heterocycles. The molecule has 11 heteroatoms. The third-order valence-electron chi connectivity index (χ3n) is 4.96. The monoisotopic (exact) mass is 473 g/mol. The number of thioether (sulfide) groups is 1. The lowest BCUT2D eigenvalue weighted by atomic mass is 10.2. The number of benzene rings is 1. The second kappa shape index (κ2) is 9.17. The van der Waals surface area contributed by atoms with Crippen molar-refractivity contribution in [3.8, 4) is 0 Å². The van der Waals surface area contributed by atoms with Crippen molar-refractivity contribution in [1.29, 1.82) is 0 Å². The van der Waals surface area contributed by atoms with Crippen molar-refractivity contribution in [3.63, 3.8) is 0 Å². The summed E-state index contributed by atoms with van der Waals surface area (Å²) in [4.78, 5) is 18.0. The summed E-state index contributed by atoms with van der Waals surface area (Å²) in [5.74, 6) is -0.197. The van der Waals surface area contributed by atoms with Crippen molar-refractivity contribution in [2.24, 2.45) is 0 Å². The number of alkyl halides is 3. The summed E-state index contributed by atoms with van der Waals surface area (Å²) < 4.78 is 65.1. The standard InChI is InChI=1S/C20H22F3N3O3S2/c1-14-3-4-15(2)17(11-14)31(28,29)26-9-7-25(8-10-26)19(27)13-30-18-6-5-16(12-24-18)20(21,22)23/h3-6,11-12H,7-10,13H2,1-2H3. The Morgan fingerprint density at radius 1 is 1.10 bits per heavy atom. The third kappa shape index (κ3) is 5.58. The number of pyridine rings is 1. The summed E-state index contributed by atoms with van der Waals surface area (Å²) in [5.41, 5.74) is 0.681. The molecule has 0 N–H and O–H groups in total. The van der Waals surface area contributed by atoms with Crippen molar-refractivity contribution in [2.75, 3.05) is 31.9 Å².